The van der Waals surface area contributed by atoms with Gasteiger partial charge < -0.3 is 4.90 Å². The maximum Gasteiger partial charge on any atom is 0.0518 e. The number of rotatable bonds is 3. The van der Waals surface area contributed by atoms with E-state index in [2.05, 4.69) is 146 Å². The minimum Gasteiger partial charge on any atom is -0.334 e. The third kappa shape index (κ3) is 3.21. The molecule has 1 heteroatoms. The van der Waals surface area contributed by atoms with Crippen LogP contribution in [-0.2, 0) is 0 Å². The summed E-state index contributed by atoms with van der Waals surface area (Å²) in [6.07, 6.45) is 2.51. The first kappa shape index (κ1) is 23.5. The normalized spacial score (nSPS) is 21.6. The zero-order chi connectivity index (χ0) is 26.8. The minimum absolute atomic E-state index is 0.0869. The first-order valence-corrected chi connectivity index (χ1v) is 14.6. The van der Waals surface area contributed by atoms with E-state index in [0.29, 0.717) is 11.8 Å². The molecule has 0 bridgehead atoms. The van der Waals surface area contributed by atoms with Gasteiger partial charge in [-0.25, -0.2) is 0 Å². The molecule has 0 spiro atoms. The SMILES string of the molecule is CC1CCC2c3cc(-c4c5ccccc5c(-c5ccccc5)c5ccccc45)ccc3N(c3ccccc3)C12C. The molecule has 1 nitrogen and oxygen atoms in total. The summed E-state index contributed by atoms with van der Waals surface area (Å²) in [6, 6.07) is 47.2. The summed E-state index contributed by atoms with van der Waals surface area (Å²) in [4.78, 5) is 2.66. The summed E-state index contributed by atoms with van der Waals surface area (Å²) in [5.41, 5.74) is 9.54. The fraction of sp³-hybridized carbons (Fsp3) is 0.179. The number of fused-ring (bicyclic) bond motifs is 5. The number of anilines is 2. The van der Waals surface area contributed by atoms with Crippen molar-refractivity contribution in [2.45, 2.75) is 38.1 Å². The maximum absolute atomic E-state index is 2.66. The molecule has 3 unspecified atom stereocenters. The van der Waals surface area contributed by atoms with Crippen molar-refractivity contribution < 1.29 is 0 Å². The maximum atomic E-state index is 2.66. The average molecular weight is 516 g/mol. The Hall–Kier alpha value is -4.36. The van der Waals surface area contributed by atoms with Gasteiger partial charge in [0.25, 0.3) is 0 Å². The Morgan fingerprint density at radius 3 is 1.70 bits per heavy atom. The molecule has 0 amide bonds. The van der Waals surface area contributed by atoms with E-state index in [1.807, 2.05) is 0 Å². The summed E-state index contributed by atoms with van der Waals surface area (Å²) in [7, 11) is 0. The van der Waals surface area contributed by atoms with Gasteiger partial charge in [0.15, 0.2) is 0 Å². The molecule has 1 saturated carbocycles. The molecule has 2 aliphatic rings. The highest BCUT2D eigenvalue weighted by molar-refractivity contribution is 6.21. The summed E-state index contributed by atoms with van der Waals surface area (Å²) in [6.45, 7) is 4.95. The van der Waals surface area contributed by atoms with Crippen molar-refractivity contribution in [2.75, 3.05) is 4.90 Å². The number of para-hydroxylation sites is 1. The molecule has 194 valence electrons. The number of nitrogens with zero attached hydrogens (tertiary/aromatic N) is 1. The molecule has 1 aliphatic heterocycles. The van der Waals surface area contributed by atoms with Crippen LogP contribution in [0, 0.1) is 5.92 Å². The standard InChI is InChI=1S/C39H33N/c1-26-21-23-35-34-25-28(22-24-36(34)40(39(26,35)2)29-15-7-4-8-16-29)38-32-19-11-9-17-30(32)37(27-13-5-3-6-14-27)31-18-10-12-20-33(31)38/h3-20,22,24-26,35H,21,23H2,1-2H3. The fourth-order valence-electron chi connectivity index (χ4n) is 7.99. The van der Waals surface area contributed by atoms with E-state index in [0.717, 1.165) is 0 Å². The predicted octanol–water partition coefficient (Wildman–Crippen LogP) is 10.8. The van der Waals surface area contributed by atoms with Gasteiger partial charge in [-0.1, -0.05) is 110 Å². The smallest absolute Gasteiger partial charge is 0.0518 e. The summed E-state index contributed by atoms with van der Waals surface area (Å²) >= 11 is 0. The summed E-state index contributed by atoms with van der Waals surface area (Å²) < 4.78 is 0. The molecule has 0 radical (unpaired) electrons. The molecule has 3 atom stereocenters. The van der Waals surface area contributed by atoms with Crippen LogP contribution in [-0.4, -0.2) is 5.54 Å². The van der Waals surface area contributed by atoms with Crippen LogP contribution in [0.3, 0.4) is 0 Å². The number of hydrogen-bond donors (Lipinski definition) is 0. The number of benzene rings is 6. The molecule has 1 fully saturated rings. The van der Waals surface area contributed by atoms with Gasteiger partial charge in [0.05, 0.1) is 5.54 Å². The van der Waals surface area contributed by atoms with Crippen LogP contribution in [0.4, 0.5) is 11.4 Å². The third-order valence-corrected chi connectivity index (χ3v) is 10.0. The lowest BCUT2D eigenvalue weighted by Gasteiger charge is -2.41. The van der Waals surface area contributed by atoms with Gasteiger partial charge in [-0.15, -0.1) is 0 Å². The fourth-order valence-corrected chi connectivity index (χ4v) is 7.99. The Balaban J connectivity index is 1.40. The lowest BCUT2D eigenvalue weighted by molar-refractivity contribution is 0.355. The Morgan fingerprint density at radius 1 is 0.575 bits per heavy atom. The van der Waals surface area contributed by atoms with Gasteiger partial charge in [0.1, 0.15) is 0 Å². The first-order chi connectivity index (χ1) is 19.7. The van der Waals surface area contributed by atoms with Crippen LogP contribution >= 0.6 is 0 Å². The van der Waals surface area contributed by atoms with Crippen molar-refractivity contribution in [3.8, 4) is 22.3 Å². The molecule has 0 N–H and O–H groups in total. The van der Waals surface area contributed by atoms with E-state index < -0.39 is 0 Å². The van der Waals surface area contributed by atoms with Crippen LogP contribution in [0.1, 0.15) is 38.2 Å². The second kappa shape index (κ2) is 8.83. The van der Waals surface area contributed by atoms with Gasteiger partial charge in [0.2, 0.25) is 0 Å². The van der Waals surface area contributed by atoms with Gasteiger partial charge in [-0.05, 0) is 99.3 Å². The second-order valence-electron chi connectivity index (χ2n) is 11.9. The molecule has 8 rings (SSSR count). The van der Waals surface area contributed by atoms with Crippen molar-refractivity contribution >= 4 is 32.9 Å². The lowest BCUT2D eigenvalue weighted by Crippen LogP contribution is -2.45. The first-order valence-electron chi connectivity index (χ1n) is 14.6. The third-order valence-electron chi connectivity index (χ3n) is 10.0. The van der Waals surface area contributed by atoms with Crippen molar-refractivity contribution in [3.05, 3.63) is 133 Å². The zero-order valence-electron chi connectivity index (χ0n) is 23.1. The van der Waals surface area contributed by atoms with E-state index in [1.165, 1.54) is 73.6 Å². The average Bonchev–Trinajstić information content (AvgIpc) is 3.44. The van der Waals surface area contributed by atoms with Crippen molar-refractivity contribution in [1.29, 1.82) is 0 Å². The Labute approximate surface area is 236 Å². The highest BCUT2D eigenvalue weighted by Crippen LogP contribution is 2.61. The molecular formula is C39H33N. The van der Waals surface area contributed by atoms with Crippen LogP contribution in [0.15, 0.2) is 127 Å². The highest BCUT2D eigenvalue weighted by Gasteiger charge is 2.55. The van der Waals surface area contributed by atoms with Crippen LogP contribution < -0.4 is 4.90 Å². The van der Waals surface area contributed by atoms with E-state index in [9.17, 15) is 0 Å². The molecule has 6 aromatic rings. The lowest BCUT2D eigenvalue weighted by atomic mass is 9.81. The minimum atomic E-state index is 0.0869. The molecule has 0 saturated heterocycles. The van der Waals surface area contributed by atoms with E-state index in [1.54, 1.807) is 0 Å². The summed E-state index contributed by atoms with van der Waals surface area (Å²) in [5, 5.41) is 5.27. The molecule has 0 aromatic heterocycles. The molecule has 6 aromatic carbocycles. The molecule has 1 aliphatic carbocycles. The van der Waals surface area contributed by atoms with Crippen LogP contribution in [0.2, 0.25) is 0 Å². The Morgan fingerprint density at radius 2 is 1.10 bits per heavy atom. The topological polar surface area (TPSA) is 3.24 Å². The van der Waals surface area contributed by atoms with E-state index in [4.69, 9.17) is 0 Å². The van der Waals surface area contributed by atoms with E-state index in [-0.39, 0.29) is 5.54 Å². The van der Waals surface area contributed by atoms with Crippen LogP contribution in [0.25, 0.3) is 43.8 Å². The molecule has 1 heterocycles. The largest absolute Gasteiger partial charge is 0.334 e. The van der Waals surface area contributed by atoms with Crippen molar-refractivity contribution in [1.82, 2.24) is 0 Å². The quantitative estimate of drug-likeness (QED) is 0.212. The van der Waals surface area contributed by atoms with Crippen molar-refractivity contribution in [2.24, 2.45) is 5.92 Å². The Kier molecular flexibility index (Phi) is 5.19. The van der Waals surface area contributed by atoms with Gasteiger partial charge >= 0.3 is 0 Å². The van der Waals surface area contributed by atoms with Gasteiger partial charge in [0, 0.05) is 17.3 Å². The molecular weight excluding hydrogens is 482 g/mol. The molecule has 40 heavy (non-hydrogen) atoms. The second-order valence-corrected chi connectivity index (χ2v) is 11.9. The van der Waals surface area contributed by atoms with Crippen LogP contribution in [0.5, 0.6) is 0 Å². The Bertz CT molecular complexity index is 1830. The van der Waals surface area contributed by atoms with Gasteiger partial charge in [-0.2, -0.15) is 0 Å². The van der Waals surface area contributed by atoms with Crippen molar-refractivity contribution in [3.63, 3.8) is 0 Å². The van der Waals surface area contributed by atoms with Gasteiger partial charge in [-0.3, -0.25) is 0 Å². The summed E-state index contributed by atoms with van der Waals surface area (Å²) in [5.74, 6) is 1.15. The highest BCUT2D eigenvalue weighted by atomic mass is 15.2. The predicted molar refractivity (Wildman–Crippen MR) is 170 cm³/mol. The van der Waals surface area contributed by atoms with E-state index >= 15 is 0 Å². The monoisotopic (exact) mass is 515 g/mol. The number of hydrogen-bond acceptors (Lipinski definition) is 1. The zero-order valence-corrected chi connectivity index (χ0v) is 23.1.